The first-order valence-corrected chi connectivity index (χ1v) is 7.09. The third-order valence-corrected chi connectivity index (χ3v) is 3.72. The molecule has 2 N–H and O–H groups in total. The smallest absolute Gasteiger partial charge is 0.242 e. The zero-order valence-electron chi connectivity index (χ0n) is 11.6. The highest BCUT2D eigenvalue weighted by atomic mass is 19.1. The molecule has 21 heavy (non-hydrogen) atoms. The van der Waals surface area contributed by atoms with Crippen LogP contribution in [-0.2, 0) is 17.8 Å². The lowest BCUT2D eigenvalue weighted by atomic mass is 9.97. The molecule has 1 amide bonds. The van der Waals surface area contributed by atoms with Gasteiger partial charge in [0.1, 0.15) is 11.9 Å². The maximum atomic E-state index is 13.1. The van der Waals surface area contributed by atoms with Crippen LogP contribution in [0.5, 0.6) is 0 Å². The van der Waals surface area contributed by atoms with Crippen molar-refractivity contribution < 1.29 is 9.18 Å². The highest BCUT2D eigenvalue weighted by molar-refractivity contribution is 5.85. The fraction of sp³-hybridized carbons (Fsp3) is 0.235. The lowest BCUT2D eigenvalue weighted by Crippen LogP contribution is -2.41. The molecule has 0 bridgehead atoms. The fourth-order valence-electron chi connectivity index (χ4n) is 2.59. The summed E-state index contributed by atoms with van der Waals surface area (Å²) in [5.41, 5.74) is 3.03. The van der Waals surface area contributed by atoms with E-state index < -0.39 is 0 Å². The number of carbonyl (C=O) groups excluding carboxylic acids is 1. The summed E-state index contributed by atoms with van der Waals surface area (Å²) < 4.78 is 13.1. The minimum Gasteiger partial charge on any atom is -0.373 e. The van der Waals surface area contributed by atoms with E-state index >= 15 is 0 Å². The fourth-order valence-corrected chi connectivity index (χ4v) is 2.59. The Morgan fingerprint density at radius 2 is 2.10 bits per heavy atom. The van der Waals surface area contributed by atoms with Crippen LogP contribution in [0.4, 0.5) is 10.1 Å². The van der Waals surface area contributed by atoms with E-state index in [-0.39, 0.29) is 17.8 Å². The van der Waals surface area contributed by atoms with Gasteiger partial charge >= 0.3 is 0 Å². The molecule has 0 saturated carbocycles. The van der Waals surface area contributed by atoms with Gasteiger partial charge in [-0.2, -0.15) is 0 Å². The van der Waals surface area contributed by atoms with Crippen molar-refractivity contribution in [2.24, 2.45) is 0 Å². The van der Waals surface area contributed by atoms with E-state index in [0.29, 0.717) is 6.54 Å². The SMILES string of the molecule is O=C(NCc1cccc(F)c1)C1CCc2ccccc2N1. The Bertz CT molecular complexity index is 657. The zero-order valence-corrected chi connectivity index (χ0v) is 11.6. The van der Waals surface area contributed by atoms with Crippen LogP contribution >= 0.6 is 0 Å². The van der Waals surface area contributed by atoms with Gasteiger partial charge in [-0.3, -0.25) is 4.79 Å². The third-order valence-electron chi connectivity index (χ3n) is 3.72. The lowest BCUT2D eigenvalue weighted by Gasteiger charge is -2.26. The summed E-state index contributed by atoms with van der Waals surface area (Å²) >= 11 is 0. The summed E-state index contributed by atoms with van der Waals surface area (Å²) in [5, 5.41) is 6.12. The average molecular weight is 284 g/mol. The van der Waals surface area contributed by atoms with Crippen molar-refractivity contribution in [1.82, 2.24) is 5.32 Å². The van der Waals surface area contributed by atoms with Crippen LogP contribution in [0.2, 0.25) is 0 Å². The number of aryl methyl sites for hydroxylation is 1. The van der Waals surface area contributed by atoms with Crippen LogP contribution in [0.15, 0.2) is 48.5 Å². The van der Waals surface area contributed by atoms with Crippen molar-refractivity contribution in [3.63, 3.8) is 0 Å². The van der Waals surface area contributed by atoms with Gasteiger partial charge in [-0.15, -0.1) is 0 Å². The molecular weight excluding hydrogens is 267 g/mol. The second kappa shape index (κ2) is 5.95. The van der Waals surface area contributed by atoms with Gasteiger partial charge in [0.15, 0.2) is 0 Å². The molecule has 0 saturated heterocycles. The number of hydrogen-bond acceptors (Lipinski definition) is 2. The molecule has 0 aliphatic carbocycles. The van der Waals surface area contributed by atoms with E-state index in [0.717, 1.165) is 24.1 Å². The normalized spacial score (nSPS) is 16.7. The number of rotatable bonds is 3. The minimum atomic E-state index is -0.286. The first-order valence-electron chi connectivity index (χ1n) is 7.09. The highest BCUT2D eigenvalue weighted by Gasteiger charge is 2.23. The number of nitrogens with one attached hydrogen (secondary N) is 2. The largest absolute Gasteiger partial charge is 0.373 e. The second-order valence-corrected chi connectivity index (χ2v) is 5.24. The number of benzene rings is 2. The number of hydrogen-bond donors (Lipinski definition) is 2. The van der Waals surface area contributed by atoms with E-state index in [9.17, 15) is 9.18 Å². The number of halogens is 1. The van der Waals surface area contributed by atoms with Gasteiger partial charge in [0.2, 0.25) is 5.91 Å². The van der Waals surface area contributed by atoms with Crippen LogP contribution < -0.4 is 10.6 Å². The molecule has 1 aliphatic rings. The van der Waals surface area contributed by atoms with Crippen molar-refractivity contribution in [3.8, 4) is 0 Å². The van der Waals surface area contributed by atoms with Crippen molar-refractivity contribution in [2.75, 3.05) is 5.32 Å². The molecule has 2 aromatic carbocycles. The topological polar surface area (TPSA) is 41.1 Å². The number of fused-ring (bicyclic) bond motifs is 1. The maximum absolute atomic E-state index is 13.1. The van der Waals surface area contributed by atoms with Crippen molar-refractivity contribution in [3.05, 3.63) is 65.5 Å². The third kappa shape index (κ3) is 3.21. The monoisotopic (exact) mass is 284 g/mol. The van der Waals surface area contributed by atoms with Crippen LogP contribution in [0.25, 0.3) is 0 Å². The summed E-state index contributed by atoms with van der Waals surface area (Å²) in [5.74, 6) is -0.333. The number of para-hydroxylation sites is 1. The van der Waals surface area contributed by atoms with Crippen LogP contribution in [0.3, 0.4) is 0 Å². The van der Waals surface area contributed by atoms with E-state index in [1.165, 1.54) is 17.7 Å². The van der Waals surface area contributed by atoms with Gasteiger partial charge in [0.25, 0.3) is 0 Å². The molecule has 1 aliphatic heterocycles. The van der Waals surface area contributed by atoms with E-state index in [2.05, 4.69) is 16.7 Å². The summed E-state index contributed by atoms with van der Waals surface area (Å²) in [6.45, 7) is 0.344. The van der Waals surface area contributed by atoms with Gasteiger partial charge < -0.3 is 10.6 Å². The molecule has 3 nitrogen and oxygen atoms in total. The summed E-state index contributed by atoms with van der Waals surface area (Å²) in [7, 11) is 0. The first kappa shape index (κ1) is 13.6. The van der Waals surface area contributed by atoms with Crippen LogP contribution in [-0.4, -0.2) is 11.9 Å². The molecule has 108 valence electrons. The summed E-state index contributed by atoms with van der Waals surface area (Å²) in [6, 6.07) is 14.1. The Morgan fingerprint density at radius 3 is 2.95 bits per heavy atom. The molecule has 3 rings (SSSR count). The molecule has 0 radical (unpaired) electrons. The standard InChI is InChI=1S/C17H17FN2O/c18-14-6-3-4-12(10-14)11-19-17(21)16-9-8-13-5-1-2-7-15(13)20-16/h1-7,10,16,20H,8-9,11H2,(H,19,21). The first-order chi connectivity index (χ1) is 10.2. The lowest BCUT2D eigenvalue weighted by molar-refractivity contribution is -0.122. The van der Waals surface area contributed by atoms with Crippen molar-refractivity contribution in [1.29, 1.82) is 0 Å². The van der Waals surface area contributed by atoms with Gasteiger partial charge in [-0.1, -0.05) is 30.3 Å². The maximum Gasteiger partial charge on any atom is 0.242 e. The number of carbonyl (C=O) groups is 1. The van der Waals surface area contributed by atoms with Gasteiger partial charge in [0.05, 0.1) is 0 Å². The Balaban J connectivity index is 1.59. The molecule has 0 spiro atoms. The molecule has 1 heterocycles. The average Bonchev–Trinajstić information content (AvgIpc) is 2.52. The Morgan fingerprint density at radius 1 is 1.24 bits per heavy atom. The molecule has 1 atom stereocenters. The number of amides is 1. The van der Waals surface area contributed by atoms with Gasteiger partial charge in [0, 0.05) is 12.2 Å². The Hall–Kier alpha value is -2.36. The van der Waals surface area contributed by atoms with Gasteiger partial charge in [-0.05, 0) is 42.2 Å². The predicted molar refractivity (Wildman–Crippen MR) is 80.4 cm³/mol. The predicted octanol–water partition coefficient (Wildman–Crippen LogP) is 2.87. The molecule has 0 fully saturated rings. The molecule has 1 unspecified atom stereocenters. The molecule has 0 aromatic heterocycles. The Kier molecular flexibility index (Phi) is 3.86. The van der Waals surface area contributed by atoms with E-state index in [1.54, 1.807) is 12.1 Å². The van der Waals surface area contributed by atoms with Gasteiger partial charge in [-0.25, -0.2) is 4.39 Å². The summed E-state index contributed by atoms with van der Waals surface area (Å²) in [6.07, 6.45) is 1.66. The van der Waals surface area contributed by atoms with Crippen molar-refractivity contribution in [2.45, 2.75) is 25.4 Å². The molecular formula is C17H17FN2O. The van der Waals surface area contributed by atoms with Crippen molar-refractivity contribution >= 4 is 11.6 Å². The van der Waals surface area contributed by atoms with Crippen LogP contribution in [0.1, 0.15) is 17.5 Å². The van der Waals surface area contributed by atoms with E-state index in [4.69, 9.17) is 0 Å². The summed E-state index contributed by atoms with van der Waals surface area (Å²) in [4.78, 5) is 12.2. The zero-order chi connectivity index (χ0) is 14.7. The second-order valence-electron chi connectivity index (χ2n) is 5.24. The van der Waals surface area contributed by atoms with E-state index in [1.807, 2.05) is 18.2 Å². The Labute approximate surface area is 123 Å². The quantitative estimate of drug-likeness (QED) is 0.910. The van der Waals surface area contributed by atoms with Crippen LogP contribution in [0, 0.1) is 5.82 Å². The minimum absolute atomic E-state index is 0.0474. The highest BCUT2D eigenvalue weighted by Crippen LogP contribution is 2.24. The molecule has 4 heteroatoms. The molecule has 2 aromatic rings. The number of anilines is 1.